The van der Waals surface area contributed by atoms with Crippen LogP contribution in [-0.4, -0.2) is 34.9 Å². The van der Waals surface area contributed by atoms with Crippen molar-refractivity contribution in [2.45, 2.75) is 206 Å². The number of allylic oxidation sites excluding steroid dienone is 4. The highest BCUT2D eigenvalue weighted by atomic mass is 16.3. The summed E-state index contributed by atoms with van der Waals surface area (Å²) >= 11 is 0. The Morgan fingerprint density at radius 1 is 0.548 bits per heavy atom. The summed E-state index contributed by atoms with van der Waals surface area (Å²) in [4.78, 5) is 12.3. The zero-order valence-electron chi connectivity index (χ0n) is 28.3. The zero-order valence-corrected chi connectivity index (χ0v) is 28.3. The van der Waals surface area contributed by atoms with Gasteiger partial charge >= 0.3 is 0 Å². The van der Waals surface area contributed by atoms with Crippen LogP contribution in [0.25, 0.3) is 0 Å². The van der Waals surface area contributed by atoms with E-state index >= 15 is 0 Å². The Kier molecular flexibility index (Phi) is 33.4. The summed E-state index contributed by atoms with van der Waals surface area (Å²) in [5.41, 5.74) is 0. The molecular formula is C38H73NO3. The third-order valence-electron chi connectivity index (χ3n) is 8.43. The average molecular weight is 592 g/mol. The maximum atomic E-state index is 12.3. The lowest BCUT2D eigenvalue weighted by molar-refractivity contribution is -0.123. The maximum absolute atomic E-state index is 12.3. The van der Waals surface area contributed by atoms with E-state index in [1.165, 1.54) is 128 Å². The molecule has 0 bridgehead atoms. The number of aliphatic hydroxyl groups is 2. The monoisotopic (exact) mass is 592 g/mol. The van der Waals surface area contributed by atoms with Crippen LogP contribution in [-0.2, 0) is 4.79 Å². The number of carbonyl (C=O) groups excluding carboxylic acids is 1. The number of aliphatic hydroxyl groups excluding tert-OH is 2. The number of unbranched alkanes of at least 4 members (excludes halogenated alkanes) is 22. The van der Waals surface area contributed by atoms with Crippen LogP contribution in [0.2, 0.25) is 0 Å². The van der Waals surface area contributed by atoms with Gasteiger partial charge in [-0.05, 0) is 64.2 Å². The Hall–Kier alpha value is -1.13. The van der Waals surface area contributed by atoms with E-state index in [9.17, 15) is 15.0 Å². The van der Waals surface area contributed by atoms with Gasteiger partial charge in [-0.3, -0.25) is 4.79 Å². The molecule has 0 heterocycles. The van der Waals surface area contributed by atoms with Gasteiger partial charge in [0.25, 0.3) is 0 Å². The molecular weight excluding hydrogens is 518 g/mol. The minimum Gasteiger partial charge on any atom is -0.394 e. The van der Waals surface area contributed by atoms with E-state index in [1.807, 2.05) is 0 Å². The first-order valence-corrected chi connectivity index (χ1v) is 18.5. The highest BCUT2D eigenvalue weighted by Gasteiger charge is 2.19. The van der Waals surface area contributed by atoms with Gasteiger partial charge in [0.15, 0.2) is 0 Å². The summed E-state index contributed by atoms with van der Waals surface area (Å²) in [5, 5.41) is 23.0. The minimum absolute atomic E-state index is 0.0508. The molecule has 0 saturated heterocycles. The van der Waals surface area contributed by atoms with Crippen LogP contribution < -0.4 is 5.32 Å². The lowest BCUT2D eigenvalue weighted by Gasteiger charge is -2.22. The molecule has 0 aliphatic heterocycles. The topological polar surface area (TPSA) is 69.6 Å². The largest absolute Gasteiger partial charge is 0.394 e. The summed E-state index contributed by atoms with van der Waals surface area (Å²) in [6.07, 6.45) is 42.3. The van der Waals surface area contributed by atoms with Gasteiger partial charge < -0.3 is 15.5 Å². The van der Waals surface area contributed by atoms with Crippen LogP contribution in [0.15, 0.2) is 24.3 Å². The molecule has 3 N–H and O–H groups in total. The maximum Gasteiger partial charge on any atom is 0.220 e. The van der Waals surface area contributed by atoms with Crippen LogP contribution in [0.3, 0.4) is 0 Å². The molecule has 42 heavy (non-hydrogen) atoms. The fourth-order valence-corrected chi connectivity index (χ4v) is 5.52. The van der Waals surface area contributed by atoms with Crippen LogP contribution in [0.4, 0.5) is 0 Å². The molecule has 1 amide bonds. The molecule has 0 aromatic carbocycles. The Labute approximate surface area is 262 Å². The smallest absolute Gasteiger partial charge is 0.220 e. The second-order valence-corrected chi connectivity index (χ2v) is 12.6. The van der Waals surface area contributed by atoms with Gasteiger partial charge in [-0.1, -0.05) is 147 Å². The van der Waals surface area contributed by atoms with E-state index in [1.54, 1.807) is 0 Å². The van der Waals surface area contributed by atoms with E-state index in [4.69, 9.17) is 0 Å². The number of hydrogen-bond acceptors (Lipinski definition) is 3. The standard InChI is InChI=1S/C38H73NO3/c1-3-5-7-9-11-13-15-17-19-21-23-25-27-29-31-33-37(41)36(35-40)39-38(42)34-32-30-28-26-24-22-20-18-16-14-12-10-8-6-4-2/h18,20,23,25,36-37,40-41H,3-17,19,21-22,24,26-35H2,1-2H3,(H,39,42)/b20-18+,25-23+/t36-,37+/m0/s1. The average Bonchev–Trinajstić information content (AvgIpc) is 2.99. The fraction of sp³-hybridized carbons (Fsp3) is 0.868. The van der Waals surface area contributed by atoms with Crippen LogP contribution in [0.5, 0.6) is 0 Å². The predicted octanol–water partition coefficient (Wildman–Crippen LogP) is 10.9. The summed E-state index contributed by atoms with van der Waals surface area (Å²) in [5.74, 6) is -0.0508. The van der Waals surface area contributed by atoms with E-state index in [0.29, 0.717) is 12.8 Å². The van der Waals surface area contributed by atoms with Crippen LogP contribution in [0.1, 0.15) is 194 Å². The third kappa shape index (κ3) is 30.3. The quantitative estimate of drug-likeness (QED) is 0.0525. The van der Waals surface area contributed by atoms with Crippen molar-refractivity contribution in [3.8, 4) is 0 Å². The second-order valence-electron chi connectivity index (χ2n) is 12.6. The first-order valence-electron chi connectivity index (χ1n) is 18.5. The SMILES string of the molecule is CCCCCCCC/C=C/CCCCCCCC(=O)N[C@@H](CO)[C@H](O)CCCC/C=C/CCCCCCCCCCC. The van der Waals surface area contributed by atoms with Crippen molar-refractivity contribution in [2.75, 3.05) is 6.61 Å². The normalized spacial score (nSPS) is 13.3. The van der Waals surface area contributed by atoms with Crippen molar-refractivity contribution in [1.29, 1.82) is 0 Å². The minimum atomic E-state index is -0.681. The summed E-state index contributed by atoms with van der Waals surface area (Å²) in [6, 6.07) is -0.553. The Morgan fingerprint density at radius 2 is 0.905 bits per heavy atom. The molecule has 0 unspecified atom stereocenters. The van der Waals surface area contributed by atoms with Gasteiger partial charge in [-0.2, -0.15) is 0 Å². The van der Waals surface area contributed by atoms with Gasteiger partial charge in [-0.15, -0.1) is 0 Å². The van der Waals surface area contributed by atoms with Crippen molar-refractivity contribution >= 4 is 5.91 Å². The highest BCUT2D eigenvalue weighted by Crippen LogP contribution is 2.13. The lowest BCUT2D eigenvalue weighted by Crippen LogP contribution is -2.45. The highest BCUT2D eigenvalue weighted by molar-refractivity contribution is 5.76. The van der Waals surface area contributed by atoms with Crippen molar-refractivity contribution in [3.63, 3.8) is 0 Å². The van der Waals surface area contributed by atoms with Crippen LogP contribution in [0, 0.1) is 0 Å². The summed E-state index contributed by atoms with van der Waals surface area (Å²) in [7, 11) is 0. The van der Waals surface area contributed by atoms with E-state index in [0.717, 1.165) is 38.5 Å². The number of amides is 1. The van der Waals surface area contributed by atoms with Gasteiger partial charge in [0.2, 0.25) is 5.91 Å². The van der Waals surface area contributed by atoms with Gasteiger partial charge in [0, 0.05) is 6.42 Å². The zero-order chi connectivity index (χ0) is 30.8. The third-order valence-corrected chi connectivity index (χ3v) is 8.43. The van der Waals surface area contributed by atoms with Crippen molar-refractivity contribution in [2.24, 2.45) is 0 Å². The molecule has 248 valence electrons. The number of hydrogen-bond donors (Lipinski definition) is 3. The van der Waals surface area contributed by atoms with E-state index in [2.05, 4.69) is 43.5 Å². The molecule has 0 radical (unpaired) electrons. The second kappa shape index (κ2) is 34.4. The van der Waals surface area contributed by atoms with Crippen LogP contribution >= 0.6 is 0 Å². The molecule has 4 nitrogen and oxygen atoms in total. The summed E-state index contributed by atoms with van der Waals surface area (Å²) in [6.45, 7) is 4.32. The Balaban J connectivity index is 3.62. The van der Waals surface area contributed by atoms with Crippen molar-refractivity contribution in [3.05, 3.63) is 24.3 Å². The number of rotatable bonds is 33. The van der Waals surface area contributed by atoms with Crippen molar-refractivity contribution in [1.82, 2.24) is 5.32 Å². The van der Waals surface area contributed by atoms with Gasteiger partial charge in [0.1, 0.15) is 0 Å². The molecule has 4 heteroatoms. The number of carbonyl (C=O) groups is 1. The Bertz CT molecular complexity index is 603. The fourth-order valence-electron chi connectivity index (χ4n) is 5.52. The van der Waals surface area contributed by atoms with Gasteiger partial charge in [-0.25, -0.2) is 0 Å². The molecule has 0 aliphatic carbocycles. The van der Waals surface area contributed by atoms with Gasteiger partial charge in [0.05, 0.1) is 18.8 Å². The van der Waals surface area contributed by atoms with E-state index < -0.39 is 12.1 Å². The van der Waals surface area contributed by atoms with Crippen molar-refractivity contribution < 1.29 is 15.0 Å². The van der Waals surface area contributed by atoms with E-state index in [-0.39, 0.29) is 12.5 Å². The number of nitrogens with one attached hydrogen (secondary N) is 1. The molecule has 0 aliphatic rings. The lowest BCUT2D eigenvalue weighted by atomic mass is 10.0. The Morgan fingerprint density at radius 3 is 1.31 bits per heavy atom. The first-order chi connectivity index (χ1) is 20.7. The molecule has 2 atom stereocenters. The molecule has 0 saturated carbocycles. The molecule has 0 spiro atoms. The molecule has 0 fully saturated rings. The predicted molar refractivity (Wildman–Crippen MR) is 184 cm³/mol. The summed E-state index contributed by atoms with van der Waals surface area (Å²) < 4.78 is 0. The molecule has 0 rings (SSSR count). The first kappa shape index (κ1) is 40.9. The molecule has 0 aromatic heterocycles. The molecule has 0 aromatic rings.